The fraction of sp³-hybridized carbons (Fsp3) is 0.200. The smallest absolute Gasteiger partial charge is 0.416 e. The van der Waals surface area contributed by atoms with Gasteiger partial charge in [-0.05, 0) is 61.5 Å². The van der Waals surface area contributed by atoms with Crippen molar-refractivity contribution in [1.29, 1.82) is 0 Å². The second kappa shape index (κ2) is 13.3. The summed E-state index contributed by atoms with van der Waals surface area (Å²) in [5, 5.41) is 4.28. The average Bonchev–Trinajstić information content (AvgIpc) is 3.26. The monoisotopic (exact) mass is 665 g/mol. The maximum absolute atomic E-state index is 13.0. The topological polar surface area (TPSA) is 148 Å². The summed E-state index contributed by atoms with van der Waals surface area (Å²) < 4.78 is 87.0. The molecule has 1 atom stereocenters. The van der Waals surface area contributed by atoms with Crippen molar-refractivity contribution in [3.05, 3.63) is 94.5 Å². The van der Waals surface area contributed by atoms with Gasteiger partial charge in [0, 0.05) is 11.4 Å². The van der Waals surface area contributed by atoms with Gasteiger partial charge >= 0.3 is 24.3 Å². The summed E-state index contributed by atoms with van der Waals surface area (Å²) in [6.45, 7) is -0.748. The van der Waals surface area contributed by atoms with E-state index in [4.69, 9.17) is 9.47 Å². The van der Waals surface area contributed by atoms with E-state index in [1.54, 1.807) is 0 Å². The molecule has 4 amide bonds. The van der Waals surface area contributed by atoms with Crippen LogP contribution in [0.15, 0.2) is 66.7 Å². The van der Waals surface area contributed by atoms with Crippen LogP contribution < -0.4 is 10.6 Å². The first-order valence-electron chi connectivity index (χ1n) is 13.3. The quantitative estimate of drug-likeness (QED) is 0.190. The molecular weight excluding hydrogens is 644 g/mol. The van der Waals surface area contributed by atoms with E-state index in [0.29, 0.717) is 17.0 Å². The lowest BCUT2D eigenvalue weighted by molar-refractivity contribution is -0.150. The molecule has 0 fully saturated rings. The SMILES string of the molecule is C[C@@H](C(=O)OCC(=O)Nc1cccc(C(F)(F)F)c1)N1C(=O)c2ccc(C(=O)OCC(=O)Nc3cccc(C(F)(F)F)c3)cc2C1=O. The van der Waals surface area contributed by atoms with Gasteiger partial charge in [-0.1, -0.05) is 12.1 Å². The molecule has 0 aliphatic carbocycles. The number of anilines is 2. The van der Waals surface area contributed by atoms with Gasteiger partial charge in [-0.15, -0.1) is 0 Å². The third kappa shape index (κ3) is 8.11. The molecule has 0 saturated heterocycles. The van der Waals surface area contributed by atoms with Crippen LogP contribution in [0.3, 0.4) is 0 Å². The van der Waals surface area contributed by atoms with E-state index in [1.807, 2.05) is 0 Å². The van der Waals surface area contributed by atoms with Crippen molar-refractivity contribution in [3.63, 3.8) is 0 Å². The zero-order valence-corrected chi connectivity index (χ0v) is 23.8. The third-order valence-electron chi connectivity index (χ3n) is 6.51. The number of imide groups is 1. The second-order valence-corrected chi connectivity index (χ2v) is 9.85. The van der Waals surface area contributed by atoms with Gasteiger partial charge in [0.25, 0.3) is 23.6 Å². The zero-order chi connectivity index (χ0) is 34.7. The number of rotatable bonds is 9. The molecular formula is C30H21F6N3O8. The van der Waals surface area contributed by atoms with Crippen molar-refractivity contribution in [1.82, 2.24) is 4.90 Å². The standard InChI is InChI=1S/C30H21F6N3O8/c1-15(27(44)46-13-23(40)37-19-6-2-4-17(11-19)29(31,32)33)39-25(42)21-9-8-16(10-22(21)26(39)43)28(45)47-14-24(41)38-20-7-3-5-18(12-20)30(34,35)36/h2-12,15H,13-14H2,1H3,(H,37,40)(H,38,41)/t15-/m0/s1. The zero-order valence-electron chi connectivity index (χ0n) is 23.8. The van der Waals surface area contributed by atoms with Gasteiger partial charge < -0.3 is 20.1 Å². The molecule has 0 unspecified atom stereocenters. The molecule has 0 spiro atoms. The summed E-state index contributed by atoms with van der Waals surface area (Å²) in [5.74, 6) is -6.25. The Kier molecular flexibility index (Phi) is 9.67. The molecule has 1 heterocycles. The lowest BCUT2D eigenvalue weighted by Crippen LogP contribution is -2.44. The number of amides is 4. The Morgan fingerprint density at radius 3 is 1.70 bits per heavy atom. The molecule has 3 aromatic rings. The van der Waals surface area contributed by atoms with Crippen molar-refractivity contribution in [2.75, 3.05) is 23.8 Å². The number of alkyl halides is 6. The number of halogens is 6. The average molecular weight is 665 g/mol. The van der Waals surface area contributed by atoms with Crippen molar-refractivity contribution in [2.24, 2.45) is 0 Å². The Labute approximate surface area is 260 Å². The molecule has 246 valence electrons. The van der Waals surface area contributed by atoms with Crippen molar-refractivity contribution in [2.45, 2.75) is 25.3 Å². The number of ether oxygens (including phenoxy) is 2. The van der Waals surface area contributed by atoms with Crippen molar-refractivity contribution in [3.8, 4) is 0 Å². The lowest BCUT2D eigenvalue weighted by atomic mass is 10.1. The van der Waals surface area contributed by atoms with E-state index in [1.165, 1.54) is 12.1 Å². The summed E-state index contributed by atoms with van der Waals surface area (Å²) in [5.41, 5.74) is -3.24. The first kappa shape index (κ1) is 34.1. The minimum Gasteiger partial charge on any atom is -0.454 e. The summed E-state index contributed by atoms with van der Waals surface area (Å²) in [4.78, 5) is 75.8. The van der Waals surface area contributed by atoms with Crippen molar-refractivity contribution >= 4 is 46.9 Å². The summed E-state index contributed by atoms with van der Waals surface area (Å²) in [7, 11) is 0. The molecule has 0 aromatic heterocycles. The number of nitrogens with zero attached hydrogens (tertiary/aromatic N) is 1. The van der Waals surface area contributed by atoms with Crippen LogP contribution >= 0.6 is 0 Å². The predicted octanol–water partition coefficient (Wildman–Crippen LogP) is 4.69. The number of benzene rings is 3. The highest BCUT2D eigenvalue weighted by Crippen LogP contribution is 2.32. The minimum atomic E-state index is -4.66. The van der Waals surface area contributed by atoms with Crippen LogP contribution in [0.4, 0.5) is 37.7 Å². The maximum Gasteiger partial charge on any atom is 0.416 e. The molecule has 4 rings (SSSR count). The predicted molar refractivity (Wildman–Crippen MR) is 148 cm³/mol. The molecule has 1 aliphatic heterocycles. The Bertz CT molecular complexity index is 1770. The molecule has 2 N–H and O–H groups in total. The Balaban J connectivity index is 1.33. The lowest BCUT2D eigenvalue weighted by Gasteiger charge is -2.20. The highest BCUT2D eigenvalue weighted by molar-refractivity contribution is 6.23. The van der Waals surface area contributed by atoms with Gasteiger partial charge in [0.1, 0.15) is 6.04 Å². The van der Waals surface area contributed by atoms with E-state index in [9.17, 15) is 55.1 Å². The number of carbonyl (C=O) groups excluding carboxylic acids is 6. The molecule has 0 radical (unpaired) electrons. The van der Waals surface area contributed by atoms with Gasteiger partial charge in [0.15, 0.2) is 13.2 Å². The first-order chi connectivity index (χ1) is 22.0. The third-order valence-corrected chi connectivity index (χ3v) is 6.51. The number of carbonyl (C=O) groups is 6. The molecule has 0 bridgehead atoms. The van der Waals surface area contributed by atoms with Crippen LogP contribution in [0.2, 0.25) is 0 Å². The molecule has 47 heavy (non-hydrogen) atoms. The van der Waals surface area contributed by atoms with E-state index in [-0.39, 0.29) is 28.1 Å². The van der Waals surface area contributed by atoms with Gasteiger partial charge in [-0.2, -0.15) is 26.3 Å². The Morgan fingerprint density at radius 2 is 1.19 bits per heavy atom. The van der Waals surface area contributed by atoms with E-state index in [0.717, 1.165) is 49.4 Å². The summed E-state index contributed by atoms with van der Waals surface area (Å²) >= 11 is 0. The molecule has 3 aromatic carbocycles. The fourth-order valence-corrected chi connectivity index (χ4v) is 4.26. The normalized spacial score (nSPS) is 13.5. The van der Waals surface area contributed by atoms with Gasteiger partial charge in [0.05, 0.1) is 27.8 Å². The summed E-state index contributed by atoms with van der Waals surface area (Å²) in [6, 6.07) is 9.03. The summed E-state index contributed by atoms with van der Waals surface area (Å²) in [6.07, 6.45) is -9.31. The highest BCUT2D eigenvalue weighted by Gasteiger charge is 2.42. The van der Waals surface area contributed by atoms with E-state index < -0.39 is 78.3 Å². The number of esters is 2. The van der Waals surface area contributed by atoms with Crippen LogP contribution in [0, 0.1) is 0 Å². The first-order valence-corrected chi connectivity index (χ1v) is 13.3. The van der Waals surface area contributed by atoms with Gasteiger partial charge in [-0.25, -0.2) is 9.59 Å². The fourth-order valence-electron chi connectivity index (χ4n) is 4.26. The number of fused-ring (bicyclic) bond motifs is 1. The van der Waals surface area contributed by atoms with Gasteiger partial charge in [-0.3, -0.25) is 24.1 Å². The molecule has 1 aliphatic rings. The van der Waals surface area contributed by atoms with Crippen LogP contribution in [-0.4, -0.2) is 59.7 Å². The van der Waals surface area contributed by atoms with E-state index in [2.05, 4.69) is 10.6 Å². The molecule has 17 heteroatoms. The maximum atomic E-state index is 13.0. The van der Waals surface area contributed by atoms with Crippen LogP contribution in [0.25, 0.3) is 0 Å². The Hall–Kier alpha value is -5.74. The van der Waals surface area contributed by atoms with E-state index >= 15 is 0 Å². The van der Waals surface area contributed by atoms with Gasteiger partial charge in [0.2, 0.25) is 0 Å². The molecule has 11 nitrogen and oxygen atoms in total. The number of hydrogen-bond acceptors (Lipinski definition) is 8. The number of nitrogens with one attached hydrogen (secondary N) is 2. The second-order valence-electron chi connectivity index (χ2n) is 9.85. The highest BCUT2D eigenvalue weighted by atomic mass is 19.4. The molecule has 0 saturated carbocycles. The van der Waals surface area contributed by atoms with Crippen LogP contribution in [0.1, 0.15) is 49.1 Å². The number of hydrogen-bond donors (Lipinski definition) is 2. The minimum absolute atomic E-state index is 0.198. The van der Waals surface area contributed by atoms with Crippen molar-refractivity contribution < 1.29 is 64.6 Å². The van der Waals surface area contributed by atoms with Crippen LogP contribution in [-0.2, 0) is 36.2 Å². The van der Waals surface area contributed by atoms with Crippen LogP contribution in [0.5, 0.6) is 0 Å². The largest absolute Gasteiger partial charge is 0.454 e. The Morgan fingerprint density at radius 1 is 0.702 bits per heavy atom.